The van der Waals surface area contributed by atoms with Crippen molar-refractivity contribution in [1.29, 1.82) is 0 Å². The molecule has 0 aliphatic heterocycles. The van der Waals surface area contributed by atoms with Gasteiger partial charge >= 0.3 is 0 Å². The van der Waals surface area contributed by atoms with Crippen molar-refractivity contribution < 1.29 is 0 Å². The Labute approximate surface area is 61.8 Å². The average molecular weight is 153 g/mol. The van der Waals surface area contributed by atoms with Gasteiger partial charge in [0.2, 0.25) is 0 Å². The Hall–Kier alpha value is -1.16. The van der Waals surface area contributed by atoms with E-state index in [1.54, 1.807) is 22.2 Å². The summed E-state index contributed by atoms with van der Waals surface area (Å²) in [5.74, 6) is 5.57. The quantitative estimate of drug-likeness (QED) is 0.555. The van der Waals surface area contributed by atoms with E-state index in [-0.39, 0.29) is 0 Å². The second-order valence-electron chi connectivity index (χ2n) is 2.13. The molecule has 0 spiro atoms. The Kier molecular flexibility index (Phi) is 0.935. The van der Waals surface area contributed by atoms with Crippen molar-refractivity contribution in [2.45, 2.75) is 0 Å². The molecule has 52 valence electrons. The van der Waals surface area contributed by atoms with Crippen LogP contribution >= 0.6 is 11.3 Å². The lowest BCUT2D eigenvalue weighted by molar-refractivity contribution is 1.08. The van der Waals surface area contributed by atoms with Gasteiger partial charge in [0.1, 0.15) is 4.83 Å². The first kappa shape index (κ1) is 5.61. The highest BCUT2D eigenvalue weighted by Crippen LogP contribution is 2.25. The van der Waals surface area contributed by atoms with Crippen LogP contribution in [0, 0.1) is 0 Å². The topological polar surface area (TPSA) is 57.0 Å². The third-order valence-corrected chi connectivity index (χ3v) is 2.39. The number of anilines is 1. The van der Waals surface area contributed by atoms with Gasteiger partial charge in [0.25, 0.3) is 0 Å². The molecule has 3 nitrogen and oxygen atoms in total. The summed E-state index contributed by atoms with van der Waals surface area (Å²) in [6.45, 7) is 0. The summed E-state index contributed by atoms with van der Waals surface area (Å²) in [7, 11) is 0. The monoisotopic (exact) mass is 153 g/mol. The van der Waals surface area contributed by atoms with Crippen molar-refractivity contribution in [3.63, 3.8) is 0 Å². The Morgan fingerprint density at radius 3 is 3.00 bits per heavy atom. The number of hydrogen-bond donors (Lipinski definition) is 2. The van der Waals surface area contributed by atoms with Crippen LogP contribution in [0.25, 0.3) is 10.2 Å². The van der Waals surface area contributed by atoms with Gasteiger partial charge in [-0.3, -0.25) is 4.68 Å². The number of hydrogen-bond acceptors (Lipinski definition) is 3. The van der Waals surface area contributed by atoms with Crippen molar-refractivity contribution in [3.05, 3.63) is 17.6 Å². The largest absolute Gasteiger partial charge is 0.397 e. The smallest absolute Gasteiger partial charge is 0.124 e. The number of aromatic nitrogens is 1. The highest BCUT2D eigenvalue weighted by atomic mass is 32.1. The van der Waals surface area contributed by atoms with Gasteiger partial charge in [0.05, 0.1) is 11.9 Å². The predicted molar refractivity (Wildman–Crippen MR) is 44.4 cm³/mol. The molecule has 0 aliphatic carbocycles. The second-order valence-corrected chi connectivity index (χ2v) is 3.03. The molecule has 0 saturated carbocycles. The van der Waals surface area contributed by atoms with Crippen LogP contribution < -0.4 is 11.6 Å². The number of rotatable bonds is 0. The minimum atomic E-state index is 0.749. The standard InChI is InChI=1S/C6H7N3S/c7-5-3-9(8)6-4(5)1-2-10-6/h1-3H,7-8H2. The summed E-state index contributed by atoms with van der Waals surface area (Å²) in [6, 6.07) is 1.97. The van der Waals surface area contributed by atoms with Crippen LogP contribution in [0.5, 0.6) is 0 Å². The fraction of sp³-hybridized carbons (Fsp3) is 0. The van der Waals surface area contributed by atoms with E-state index in [1.165, 1.54) is 0 Å². The third-order valence-electron chi connectivity index (χ3n) is 1.47. The SMILES string of the molecule is Nc1cn(N)c2sccc12. The van der Waals surface area contributed by atoms with Crippen LogP contribution in [0.2, 0.25) is 0 Å². The zero-order valence-electron chi connectivity index (χ0n) is 5.24. The summed E-state index contributed by atoms with van der Waals surface area (Å²) in [6.07, 6.45) is 1.72. The molecule has 0 unspecified atom stereocenters. The first-order valence-corrected chi connectivity index (χ1v) is 3.76. The maximum Gasteiger partial charge on any atom is 0.124 e. The van der Waals surface area contributed by atoms with E-state index in [4.69, 9.17) is 11.6 Å². The van der Waals surface area contributed by atoms with Gasteiger partial charge < -0.3 is 11.6 Å². The van der Waals surface area contributed by atoms with E-state index >= 15 is 0 Å². The molecule has 2 aromatic rings. The highest BCUT2D eigenvalue weighted by Gasteiger charge is 2.03. The van der Waals surface area contributed by atoms with Gasteiger partial charge in [-0.25, -0.2) is 0 Å². The van der Waals surface area contributed by atoms with Gasteiger partial charge in [-0.2, -0.15) is 0 Å². The van der Waals surface area contributed by atoms with Gasteiger partial charge in [-0.1, -0.05) is 0 Å². The Morgan fingerprint density at radius 1 is 1.50 bits per heavy atom. The van der Waals surface area contributed by atoms with Gasteiger partial charge in [0, 0.05) is 5.39 Å². The van der Waals surface area contributed by atoms with E-state index in [0.29, 0.717) is 0 Å². The molecule has 0 bridgehead atoms. The highest BCUT2D eigenvalue weighted by molar-refractivity contribution is 7.16. The molecule has 0 radical (unpaired) electrons. The molecule has 0 saturated heterocycles. The first-order chi connectivity index (χ1) is 4.79. The summed E-state index contributed by atoms with van der Waals surface area (Å²) in [4.78, 5) is 1.03. The lowest BCUT2D eigenvalue weighted by Gasteiger charge is -1.86. The van der Waals surface area contributed by atoms with Crippen LogP contribution in [-0.2, 0) is 0 Å². The molecule has 4 heteroatoms. The summed E-state index contributed by atoms with van der Waals surface area (Å²) < 4.78 is 1.55. The lowest BCUT2D eigenvalue weighted by atomic mass is 10.4. The molecule has 0 atom stereocenters. The lowest BCUT2D eigenvalue weighted by Crippen LogP contribution is -2.03. The normalized spacial score (nSPS) is 10.8. The molecule has 2 heterocycles. The molecular formula is C6H7N3S. The number of fused-ring (bicyclic) bond motifs is 1. The number of nitrogens with zero attached hydrogens (tertiary/aromatic N) is 1. The maximum atomic E-state index is 5.63. The zero-order chi connectivity index (χ0) is 7.14. The first-order valence-electron chi connectivity index (χ1n) is 2.88. The van der Waals surface area contributed by atoms with Crippen molar-refractivity contribution in [1.82, 2.24) is 4.68 Å². The van der Waals surface area contributed by atoms with Gasteiger partial charge in [-0.05, 0) is 11.4 Å². The van der Waals surface area contributed by atoms with Crippen molar-refractivity contribution >= 4 is 27.2 Å². The molecule has 4 N–H and O–H groups in total. The number of nitrogens with two attached hydrogens (primary N) is 2. The van der Waals surface area contributed by atoms with E-state index in [1.807, 2.05) is 11.4 Å². The van der Waals surface area contributed by atoms with Gasteiger partial charge in [-0.15, -0.1) is 11.3 Å². The fourth-order valence-electron chi connectivity index (χ4n) is 0.999. The van der Waals surface area contributed by atoms with Crippen LogP contribution in [0.4, 0.5) is 5.69 Å². The van der Waals surface area contributed by atoms with Crippen LogP contribution in [0.1, 0.15) is 0 Å². The van der Waals surface area contributed by atoms with E-state index in [9.17, 15) is 0 Å². The van der Waals surface area contributed by atoms with Crippen molar-refractivity contribution in [2.75, 3.05) is 11.6 Å². The zero-order valence-corrected chi connectivity index (χ0v) is 6.06. The van der Waals surface area contributed by atoms with Crippen molar-refractivity contribution in [2.24, 2.45) is 0 Å². The molecular weight excluding hydrogens is 146 g/mol. The average Bonchev–Trinajstić information content (AvgIpc) is 2.39. The summed E-state index contributed by atoms with van der Waals surface area (Å²) in [5.41, 5.74) is 6.38. The minimum absolute atomic E-state index is 0.749. The molecule has 0 amide bonds. The summed E-state index contributed by atoms with van der Waals surface area (Å²) >= 11 is 1.59. The van der Waals surface area contributed by atoms with E-state index in [0.717, 1.165) is 15.9 Å². The van der Waals surface area contributed by atoms with Crippen LogP contribution in [-0.4, -0.2) is 4.68 Å². The predicted octanol–water partition coefficient (Wildman–Crippen LogP) is 0.999. The van der Waals surface area contributed by atoms with E-state index in [2.05, 4.69) is 0 Å². The second kappa shape index (κ2) is 1.67. The maximum absolute atomic E-state index is 5.63. The third kappa shape index (κ3) is 0.537. The van der Waals surface area contributed by atoms with E-state index < -0.39 is 0 Å². The number of thiophene rings is 1. The Bertz CT molecular complexity index is 328. The fourth-order valence-corrected chi connectivity index (χ4v) is 1.82. The van der Waals surface area contributed by atoms with Crippen LogP contribution in [0.15, 0.2) is 17.6 Å². The molecule has 0 aliphatic rings. The molecule has 0 aromatic carbocycles. The molecule has 2 rings (SSSR count). The summed E-state index contributed by atoms with van der Waals surface area (Å²) in [5, 5.41) is 3.03. The molecule has 10 heavy (non-hydrogen) atoms. The molecule has 0 fully saturated rings. The number of nitrogen functional groups attached to an aromatic ring is 2. The Morgan fingerprint density at radius 2 is 2.30 bits per heavy atom. The Balaban J connectivity index is 2.98. The minimum Gasteiger partial charge on any atom is -0.397 e. The van der Waals surface area contributed by atoms with Gasteiger partial charge in [0.15, 0.2) is 0 Å². The van der Waals surface area contributed by atoms with Crippen molar-refractivity contribution in [3.8, 4) is 0 Å². The van der Waals surface area contributed by atoms with Crippen LogP contribution in [0.3, 0.4) is 0 Å². The molecule has 2 aromatic heterocycles.